The Bertz CT molecular complexity index is 702. The lowest BCUT2D eigenvalue weighted by atomic mass is 10.2. The first-order valence-electron chi connectivity index (χ1n) is 7.11. The van der Waals surface area contributed by atoms with Crippen LogP contribution in [0.4, 0.5) is 5.69 Å². The maximum absolute atomic E-state index is 12.1. The van der Waals surface area contributed by atoms with Crippen molar-refractivity contribution in [3.8, 4) is 5.75 Å². The monoisotopic (exact) mass is 352 g/mol. The first-order chi connectivity index (χ1) is 11.5. The van der Waals surface area contributed by atoms with Crippen molar-refractivity contribution in [1.29, 1.82) is 0 Å². The second-order valence-corrected chi connectivity index (χ2v) is 5.38. The first-order valence-corrected chi connectivity index (χ1v) is 7.49. The van der Waals surface area contributed by atoms with Crippen LogP contribution in [-0.2, 0) is 16.1 Å². The molecule has 24 heavy (non-hydrogen) atoms. The molecule has 1 unspecified atom stereocenters. The van der Waals surface area contributed by atoms with Crippen LogP contribution in [-0.4, -0.2) is 30.1 Å². The number of halogens is 1. The number of carbonyl (C=O) groups excluding carboxylic acids is 1. The summed E-state index contributed by atoms with van der Waals surface area (Å²) in [6.07, 6.45) is 1.23. The third-order valence-electron chi connectivity index (χ3n) is 3.23. The zero-order valence-electron chi connectivity index (χ0n) is 12.9. The SMILES string of the molecule is COc1ccc(Cl)cc1NC(=O)CC(NCc1ccco1)C(=O)O. The Labute approximate surface area is 143 Å². The number of benzene rings is 1. The Hall–Kier alpha value is -2.51. The van der Waals surface area contributed by atoms with Crippen LogP contribution >= 0.6 is 11.6 Å². The molecule has 1 atom stereocenters. The van der Waals surface area contributed by atoms with Crippen molar-refractivity contribution >= 4 is 29.2 Å². The van der Waals surface area contributed by atoms with Gasteiger partial charge in [-0.15, -0.1) is 0 Å². The maximum atomic E-state index is 12.1. The zero-order valence-corrected chi connectivity index (χ0v) is 13.7. The molecular formula is C16H17ClN2O5. The van der Waals surface area contributed by atoms with Crippen LogP contribution in [0.5, 0.6) is 5.75 Å². The summed E-state index contributed by atoms with van der Waals surface area (Å²) in [6, 6.07) is 7.13. The number of ether oxygens (including phenoxy) is 1. The van der Waals surface area contributed by atoms with Crippen LogP contribution in [0, 0.1) is 0 Å². The number of hydrogen-bond donors (Lipinski definition) is 3. The van der Waals surface area contributed by atoms with Gasteiger partial charge in [0.1, 0.15) is 17.6 Å². The predicted molar refractivity (Wildman–Crippen MR) is 88.2 cm³/mol. The summed E-state index contributed by atoms with van der Waals surface area (Å²) in [7, 11) is 1.46. The van der Waals surface area contributed by atoms with E-state index in [9.17, 15) is 14.7 Å². The molecule has 3 N–H and O–H groups in total. The van der Waals surface area contributed by atoms with Crippen molar-refractivity contribution in [2.45, 2.75) is 19.0 Å². The van der Waals surface area contributed by atoms with Crippen molar-refractivity contribution in [3.63, 3.8) is 0 Å². The molecule has 8 heteroatoms. The lowest BCUT2D eigenvalue weighted by Gasteiger charge is -2.15. The van der Waals surface area contributed by atoms with Gasteiger partial charge in [0, 0.05) is 5.02 Å². The van der Waals surface area contributed by atoms with E-state index in [1.54, 1.807) is 24.3 Å². The highest BCUT2D eigenvalue weighted by atomic mass is 35.5. The summed E-state index contributed by atoms with van der Waals surface area (Å²) >= 11 is 5.90. The summed E-state index contributed by atoms with van der Waals surface area (Å²) in [4.78, 5) is 23.4. The lowest BCUT2D eigenvalue weighted by molar-refractivity contribution is -0.141. The van der Waals surface area contributed by atoms with Gasteiger partial charge in [-0.2, -0.15) is 0 Å². The summed E-state index contributed by atoms with van der Waals surface area (Å²) in [6.45, 7) is 0.206. The largest absolute Gasteiger partial charge is 0.495 e. The Balaban J connectivity index is 1.97. The molecule has 2 rings (SSSR count). The lowest BCUT2D eigenvalue weighted by Crippen LogP contribution is -2.39. The highest BCUT2D eigenvalue weighted by molar-refractivity contribution is 6.31. The molecule has 1 aromatic carbocycles. The molecule has 1 heterocycles. The van der Waals surface area contributed by atoms with Gasteiger partial charge in [-0.25, -0.2) is 0 Å². The fraction of sp³-hybridized carbons (Fsp3) is 0.250. The molecule has 0 aliphatic rings. The molecule has 0 bridgehead atoms. The van der Waals surface area contributed by atoms with E-state index in [0.29, 0.717) is 22.2 Å². The van der Waals surface area contributed by atoms with Crippen LogP contribution in [0.2, 0.25) is 5.02 Å². The van der Waals surface area contributed by atoms with Crippen LogP contribution < -0.4 is 15.4 Å². The molecule has 128 valence electrons. The van der Waals surface area contributed by atoms with E-state index in [1.165, 1.54) is 19.4 Å². The number of aliphatic carboxylic acids is 1. The number of hydrogen-bond acceptors (Lipinski definition) is 5. The van der Waals surface area contributed by atoms with E-state index in [4.69, 9.17) is 20.8 Å². The van der Waals surface area contributed by atoms with Crippen molar-refractivity contribution < 1.29 is 23.8 Å². The Morgan fingerprint density at radius 2 is 2.17 bits per heavy atom. The molecule has 0 aliphatic heterocycles. The molecule has 1 aromatic heterocycles. The summed E-state index contributed by atoms with van der Waals surface area (Å²) in [5.41, 5.74) is 0.380. The van der Waals surface area contributed by atoms with Gasteiger partial charge in [-0.3, -0.25) is 14.9 Å². The molecule has 0 radical (unpaired) electrons. The summed E-state index contributed by atoms with van der Waals surface area (Å²) < 4.78 is 10.3. The van der Waals surface area contributed by atoms with E-state index in [-0.39, 0.29) is 13.0 Å². The van der Waals surface area contributed by atoms with Gasteiger partial charge in [0.2, 0.25) is 5.91 Å². The smallest absolute Gasteiger partial charge is 0.321 e. The predicted octanol–water partition coefficient (Wildman–Crippen LogP) is 2.51. The highest BCUT2D eigenvalue weighted by Crippen LogP contribution is 2.27. The van der Waals surface area contributed by atoms with E-state index >= 15 is 0 Å². The van der Waals surface area contributed by atoms with Crippen LogP contribution in [0.25, 0.3) is 0 Å². The van der Waals surface area contributed by atoms with Gasteiger partial charge in [0.25, 0.3) is 0 Å². The molecule has 0 saturated heterocycles. The molecule has 0 saturated carbocycles. The van der Waals surface area contributed by atoms with Crippen LogP contribution in [0.15, 0.2) is 41.0 Å². The topological polar surface area (TPSA) is 101 Å². The molecule has 1 amide bonds. The van der Waals surface area contributed by atoms with Crippen LogP contribution in [0.1, 0.15) is 12.2 Å². The second kappa shape index (κ2) is 8.37. The van der Waals surface area contributed by atoms with Crippen molar-refractivity contribution in [2.24, 2.45) is 0 Å². The molecule has 7 nitrogen and oxygen atoms in total. The minimum absolute atomic E-state index is 0.206. The highest BCUT2D eigenvalue weighted by Gasteiger charge is 2.21. The van der Waals surface area contributed by atoms with Crippen molar-refractivity contribution in [1.82, 2.24) is 5.32 Å². The molecule has 0 aliphatic carbocycles. The Morgan fingerprint density at radius 1 is 1.38 bits per heavy atom. The molecule has 2 aromatic rings. The summed E-state index contributed by atoms with van der Waals surface area (Å²) in [5, 5.41) is 15.0. The minimum Gasteiger partial charge on any atom is -0.495 e. The number of carboxylic acids is 1. The van der Waals surface area contributed by atoms with E-state index in [0.717, 1.165) is 0 Å². The van der Waals surface area contributed by atoms with Gasteiger partial charge in [0.05, 0.1) is 32.0 Å². The van der Waals surface area contributed by atoms with Gasteiger partial charge in [-0.1, -0.05) is 11.6 Å². The van der Waals surface area contributed by atoms with Gasteiger partial charge in [-0.05, 0) is 30.3 Å². The molecular weight excluding hydrogens is 336 g/mol. The Kier molecular flexibility index (Phi) is 6.22. The third-order valence-corrected chi connectivity index (χ3v) is 3.46. The van der Waals surface area contributed by atoms with Gasteiger partial charge >= 0.3 is 5.97 Å². The fourth-order valence-corrected chi connectivity index (χ4v) is 2.22. The number of rotatable bonds is 8. The number of furan rings is 1. The number of nitrogens with one attached hydrogen (secondary N) is 2. The number of anilines is 1. The van der Waals surface area contributed by atoms with Gasteiger partial charge in [0.15, 0.2) is 0 Å². The minimum atomic E-state index is -1.13. The molecule has 0 spiro atoms. The van der Waals surface area contributed by atoms with Gasteiger partial charge < -0.3 is 19.6 Å². The normalized spacial score (nSPS) is 11.8. The zero-order chi connectivity index (χ0) is 17.5. The van der Waals surface area contributed by atoms with E-state index in [1.807, 2.05) is 0 Å². The fourth-order valence-electron chi connectivity index (χ4n) is 2.05. The van der Waals surface area contributed by atoms with Crippen molar-refractivity contribution in [2.75, 3.05) is 12.4 Å². The first kappa shape index (κ1) is 17.8. The molecule has 0 fully saturated rings. The van der Waals surface area contributed by atoms with E-state index < -0.39 is 17.9 Å². The standard InChI is InChI=1S/C16H17ClN2O5/c1-23-14-5-4-10(17)7-12(14)19-15(20)8-13(16(21)22)18-9-11-3-2-6-24-11/h2-7,13,18H,8-9H2,1H3,(H,19,20)(H,21,22). The second-order valence-electron chi connectivity index (χ2n) is 4.95. The Morgan fingerprint density at radius 3 is 2.79 bits per heavy atom. The average molecular weight is 353 g/mol. The van der Waals surface area contributed by atoms with Crippen LogP contribution in [0.3, 0.4) is 0 Å². The third kappa shape index (κ3) is 5.00. The number of carboxylic acid groups (broad SMARTS) is 1. The van der Waals surface area contributed by atoms with Crippen molar-refractivity contribution in [3.05, 3.63) is 47.4 Å². The number of carbonyl (C=O) groups is 2. The number of methoxy groups -OCH3 is 1. The average Bonchev–Trinajstić information content (AvgIpc) is 3.04. The maximum Gasteiger partial charge on any atom is 0.321 e. The number of amides is 1. The summed E-state index contributed by atoms with van der Waals surface area (Å²) in [5.74, 6) is -0.592. The quantitative estimate of drug-likeness (QED) is 0.675. The van der Waals surface area contributed by atoms with E-state index in [2.05, 4.69) is 10.6 Å².